The Kier molecular flexibility index (Phi) is 4.94. The van der Waals surface area contributed by atoms with Crippen molar-refractivity contribution in [2.45, 2.75) is 18.8 Å². The topological polar surface area (TPSA) is 50.5 Å². The molecule has 2 aromatic heterocycles. The molecule has 0 unspecified atom stereocenters. The summed E-state index contributed by atoms with van der Waals surface area (Å²) in [5.41, 5.74) is 2.74. The van der Waals surface area contributed by atoms with E-state index in [4.69, 9.17) is 0 Å². The fourth-order valence-electron chi connectivity index (χ4n) is 4.06. The number of nitrogens with zero attached hydrogens (tertiary/aromatic N) is 4. The Labute approximate surface area is 178 Å². The SMILES string of the molecule is O=C(c1cccc(F)c1)N1CCC(c2nc3ccc(-c4cccc(F)c4)cn3n2)CC1. The third kappa shape index (κ3) is 3.91. The molecule has 1 fully saturated rings. The molecule has 0 N–H and O–H groups in total. The number of hydrogen-bond donors (Lipinski definition) is 0. The van der Waals surface area contributed by atoms with Gasteiger partial charge in [0.2, 0.25) is 0 Å². The number of hydrogen-bond acceptors (Lipinski definition) is 3. The molecular formula is C24H20F2N4O. The lowest BCUT2D eigenvalue weighted by Gasteiger charge is -2.30. The molecule has 5 rings (SSSR count). The average molecular weight is 418 g/mol. The molecule has 0 spiro atoms. The number of carbonyl (C=O) groups excluding carboxylic acids is 1. The number of benzene rings is 2. The van der Waals surface area contributed by atoms with Gasteiger partial charge in [0.1, 0.15) is 11.6 Å². The Morgan fingerprint density at radius 1 is 0.903 bits per heavy atom. The molecule has 5 nitrogen and oxygen atoms in total. The second kappa shape index (κ2) is 7.91. The number of halogens is 2. The average Bonchev–Trinajstić information content (AvgIpc) is 3.22. The molecule has 0 aliphatic carbocycles. The first-order chi connectivity index (χ1) is 15.1. The molecule has 1 aliphatic rings. The minimum atomic E-state index is -0.410. The second-order valence-corrected chi connectivity index (χ2v) is 7.78. The number of piperidine rings is 1. The molecule has 31 heavy (non-hydrogen) atoms. The highest BCUT2D eigenvalue weighted by Crippen LogP contribution is 2.28. The van der Waals surface area contributed by atoms with Crippen LogP contribution in [0.3, 0.4) is 0 Å². The van der Waals surface area contributed by atoms with Crippen LogP contribution in [0.5, 0.6) is 0 Å². The predicted octanol–water partition coefficient (Wildman–Crippen LogP) is 4.69. The number of amides is 1. The Morgan fingerprint density at radius 2 is 1.65 bits per heavy atom. The molecule has 7 heteroatoms. The summed E-state index contributed by atoms with van der Waals surface area (Å²) in [7, 11) is 0. The van der Waals surface area contributed by atoms with Crippen LogP contribution < -0.4 is 0 Å². The molecule has 1 aliphatic heterocycles. The van der Waals surface area contributed by atoms with Crippen LogP contribution in [0, 0.1) is 11.6 Å². The molecule has 1 amide bonds. The third-order valence-electron chi connectivity index (χ3n) is 5.72. The molecular weight excluding hydrogens is 398 g/mol. The molecule has 0 atom stereocenters. The highest BCUT2D eigenvalue weighted by atomic mass is 19.1. The second-order valence-electron chi connectivity index (χ2n) is 7.78. The summed E-state index contributed by atoms with van der Waals surface area (Å²) in [5, 5.41) is 4.64. The van der Waals surface area contributed by atoms with E-state index >= 15 is 0 Å². The number of carbonyl (C=O) groups is 1. The number of pyridine rings is 1. The van der Waals surface area contributed by atoms with Crippen LogP contribution in [-0.2, 0) is 0 Å². The first-order valence-electron chi connectivity index (χ1n) is 10.2. The van der Waals surface area contributed by atoms with Gasteiger partial charge < -0.3 is 4.90 Å². The van der Waals surface area contributed by atoms with E-state index in [0.29, 0.717) is 18.7 Å². The predicted molar refractivity (Wildman–Crippen MR) is 113 cm³/mol. The Morgan fingerprint density at radius 3 is 2.39 bits per heavy atom. The van der Waals surface area contributed by atoms with Gasteiger partial charge in [-0.25, -0.2) is 18.3 Å². The molecule has 0 bridgehead atoms. The van der Waals surface area contributed by atoms with Crippen LogP contribution in [0.1, 0.15) is 34.9 Å². The normalized spacial score (nSPS) is 14.8. The van der Waals surface area contributed by atoms with Crippen molar-refractivity contribution in [1.82, 2.24) is 19.5 Å². The third-order valence-corrected chi connectivity index (χ3v) is 5.72. The molecule has 2 aromatic carbocycles. The van der Waals surface area contributed by atoms with Crippen LogP contribution in [0.4, 0.5) is 8.78 Å². The summed E-state index contributed by atoms with van der Waals surface area (Å²) in [6, 6.07) is 16.0. The van der Waals surface area contributed by atoms with Crippen molar-refractivity contribution < 1.29 is 13.6 Å². The van der Waals surface area contributed by atoms with Crippen LogP contribution in [0.15, 0.2) is 66.9 Å². The molecule has 156 valence electrons. The van der Waals surface area contributed by atoms with Crippen LogP contribution in [0.2, 0.25) is 0 Å². The monoisotopic (exact) mass is 418 g/mol. The lowest BCUT2D eigenvalue weighted by atomic mass is 9.95. The van der Waals surface area contributed by atoms with E-state index in [1.54, 1.807) is 27.6 Å². The van der Waals surface area contributed by atoms with E-state index in [9.17, 15) is 13.6 Å². The van der Waals surface area contributed by atoms with Crippen molar-refractivity contribution >= 4 is 11.6 Å². The lowest BCUT2D eigenvalue weighted by Crippen LogP contribution is -2.38. The molecule has 1 saturated heterocycles. The Balaban J connectivity index is 1.31. The van der Waals surface area contributed by atoms with E-state index in [1.807, 2.05) is 24.4 Å². The summed E-state index contributed by atoms with van der Waals surface area (Å²) in [5.74, 6) is 0.0487. The highest BCUT2D eigenvalue weighted by Gasteiger charge is 2.27. The van der Waals surface area contributed by atoms with Crippen molar-refractivity contribution in [3.05, 3.63) is 89.9 Å². The first kappa shape index (κ1) is 19.4. The number of aromatic nitrogens is 3. The van der Waals surface area contributed by atoms with Crippen molar-refractivity contribution in [2.24, 2.45) is 0 Å². The van der Waals surface area contributed by atoms with Gasteiger partial charge in [0.15, 0.2) is 11.5 Å². The summed E-state index contributed by atoms with van der Waals surface area (Å²) in [6.07, 6.45) is 3.34. The smallest absolute Gasteiger partial charge is 0.253 e. The van der Waals surface area contributed by atoms with Gasteiger partial charge in [-0.15, -0.1) is 0 Å². The minimum absolute atomic E-state index is 0.147. The van der Waals surface area contributed by atoms with Gasteiger partial charge in [-0.1, -0.05) is 18.2 Å². The van der Waals surface area contributed by atoms with Crippen molar-refractivity contribution in [1.29, 1.82) is 0 Å². The largest absolute Gasteiger partial charge is 0.339 e. The standard InChI is InChI=1S/C24H20F2N4O/c25-20-5-1-3-17(13-20)19-7-8-22-27-23(28-30(22)15-19)16-9-11-29(12-10-16)24(31)18-4-2-6-21(26)14-18/h1-8,13-16H,9-12H2. The fraction of sp³-hybridized carbons (Fsp3) is 0.208. The van der Waals surface area contributed by atoms with Gasteiger partial charge in [0.25, 0.3) is 5.91 Å². The quantitative estimate of drug-likeness (QED) is 0.485. The van der Waals surface area contributed by atoms with E-state index in [1.165, 1.54) is 24.3 Å². The van der Waals surface area contributed by atoms with E-state index in [0.717, 1.165) is 35.4 Å². The van der Waals surface area contributed by atoms with Gasteiger partial charge in [0.05, 0.1) is 0 Å². The number of likely N-dealkylation sites (tertiary alicyclic amines) is 1. The van der Waals surface area contributed by atoms with E-state index in [2.05, 4.69) is 10.1 Å². The maximum atomic E-state index is 13.5. The maximum Gasteiger partial charge on any atom is 0.253 e. The summed E-state index contributed by atoms with van der Waals surface area (Å²) < 4.78 is 28.7. The van der Waals surface area contributed by atoms with Gasteiger partial charge >= 0.3 is 0 Å². The summed E-state index contributed by atoms with van der Waals surface area (Å²) >= 11 is 0. The van der Waals surface area contributed by atoms with Crippen molar-refractivity contribution in [3.63, 3.8) is 0 Å². The van der Waals surface area contributed by atoms with E-state index < -0.39 is 5.82 Å². The lowest BCUT2D eigenvalue weighted by molar-refractivity contribution is 0.0710. The van der Waals surface area contributed by atoms with Crippen molar-refractivity contribution in [2.75, 3.05) is 13.1 Å². The summed E-state index contributed by atoms with van der Waals surface area (Å²) in [6.45, 7) is 1.15. The van der Waals surface area contributed by atoms with E-state index in [-0.39, 0.29) is 17.6 Å². The summed E-state index contributed by atoms with van der Waals surface area (Å²) in [4.78, 5) is 19.0. The zero-order valence-electron chi connectivity index (χ0n) is 16.7. The number of rotatable bonds is 3. The molecule has 0 saturated carbocycles. The first-order valence-corrected chi connectivity index (χ1v) is 10.2. The Hall–Kier alpha value is -3.61. The number of fused-ring (bicyclic) bond motifs is 1. The Bertz CT molecular complexity index is 1260. The maximum absolute atomic E-state index is 13.5. The van der Waals surface area contributed by atoms with Crippen LogP contribution in [0.25, 0.3) is 16.8 Å². The molecule has 3 heterocycles. The minimum Gasteiger partial charge on any atom is -0.339 e. The zero-order chi connectivity index (χ0) is 21.4. The highest BCUT2D eigenvalue weighted by molar-refractivity contribution is 5.94. The van der Waals surface area contributed by atoms with Gasteiger partial charge in [0, 0.05) is 36.3 Å². The zero-order valence-corrected chi connectivity index (χ0v) is 16.7. The van der Waals surface area contributed by atoms with Gasteiger partial charge in [-0.3, -0.25) is 4.79 Å². The molecule has 4 aromatic rings. The van der Waals surface area contributed by atoms with Gasteiger partial charge in [-0.2, -0.15) is 5.10 Å². The fourth-order valence-corrected chi connectivity index (χ4v) is 4.06. The molecule has 0 radical (unpaired) electrons. The van der Waals surface area contributed by atoms with Crippen molar-refractivity contribution in [3.8, 4) is 11.1 Å². The van der Waals surface area contributed by atoms with Gasteiger partial charge in [-0.05, 0) is 60.9 Å². The van der Waals surface area contributed by atoms with Crippen LogP contribution >= 0.6 is 0 Å². The van der Waals surface area contributed by atoms with Crippen LogP contribution in [-0.4, -0.2) is 38.5 Å².